The lowest BCUT2D eigenvalue weighted by Crippen LogP contribution is -2.54. The van der Waals surface area contributed by atoms with E-state index in [-0.39, 0.29) is 29.6 Å². The fourth-order valence-electron chi connectivity index (χ4n) is 4.97. The van der Waals surface area contributed by atoms with Gasteiger partial charge in [0, 0.05) is 17.8 Å². The van der Waals surface area contributed by atoms with Gasteiger partial charge in [0.1, 0.15) is 6.54 Å². The normalized spacial score (nSPS) is 26.1. The first-order valence-corrected chi connectivity index (χ1v) is 10.6. The van der Waals surface area contributed by atoms with E-state index < -0.39 is 0 Å². The highest BCUT2D eigenvalue weighted by atomic mass is 16.2. The lowest BCUT2D eigenvalue weighted by atomic mass is 9.69. The fraction of sp³-hybridized carbons (Fsp3) is 0.417. The number of urea groups is 1. The molecule has 0 atom stereocenters. The summed E-state index contributed by atoms with van der Waals surface area (Å²) in [7, 11) is 4.27. The summed E-state index contributed by atoms with van der Waals surface area (Å²) in [6.07, 6.45) is 3.72. The van der Waals surface area contributed by atoms with Gasteiger partial charge in [0.25, 0.3) is 0 Å². The Morgan fingerprint density at radius 3 is 2.20 bits per heavy atom. The van der Waals surface area contributed by atoms with Crippen molar-refractivity contribution >= 4 is 17.6 Å². The fourth-order valence-corrected chi connectivity index (χ4v) is 4.97. The highest BCUT2D eigenvalue weighted by Crippen LogP contribution is 2.45. The van der Waals surface area contributed by atoms with Crippen LogP contribution in [-0.2, 0) is 10.3 Å². The molecule has 6 nitrogen and oxygen atoms in total. The van der Waals surface area contributed by atoms with Crippen LogP contribution in [0.2, 0.25) is 0 Å². The molecule has 1 aliphatic heterocycles. The van der Waals surface area contributed by atoms with E-state index in [4.69, 9.17) is 0 Å². The number of nitrogens with zero attached hydrogens (tertiary/aromatic N) is 2. The topological polar surface area (TPSA) is 64.7 Å². The number of carbonyl (C=O) groups excluding carboxylic acids is 2. The Bertz CT molecular complexity index is 890. The van der Waals surface area contributed by atoms with Crippen molar-refractivity contribution in [2.24, 2.45) is 0 Å². The smallest absolute Gasteiger partial charge is 0.318 e. The third-order valence-corrected chi connectivity index (χ3v) is 6.75. The first-order valence-electron chi connectivity index (χ1n) is 10.6. The number of hydrogen-bond donors (Lipinski definition) is 2. The van der Waals surface area contributed by atoms with Crippen LogP contribution in [0.1, 0.15) is 31.2 Å². The molecular formula is C24H30N4O2. The first kappa shape index (κ1) is 20.4. The molecule has 2 fully saturated rings. The Balaban J connectivity index is 1.41. The SMILES string of the molecule is CN(C)[C@]1(c2ccccc2)CC[C@]2(CC1)CN(CC(=O)Nc1ccccc1)C(=O)N2. The summed E-state index contributed by atoms with van der Waals surface area (Å²) >= 11 is 0. The van der Waals surface area contributed by atoms with Gasteiger partial charge in [0.05, 0.1) is 5.54 Å². The van der Waals surface area contributed by atoms with Crippen molar-refractivity contribution < 1.29 is 9.59 Å². The zero-order valence-corrected chi connectivity index (χ0v) is 17.7. The third-order valence-electron chi connectivity index (χ3n) is 6.75. The number of nitrogens with one attached hydrogen (secondary N) is 2. The lowest BCUT2D eigenvalue weighted by molar-refractivity contribution is -0.116. The molecule has 4 rings (SSSR count). The Labute approximate surface area is 178 Å². The van der Waals surface area contributed by atoms with Gasteiger partial charge in [0.2, 0.25) is 5.91 Å². The van der Waals surface area contributed by atoms with E-state index in [0.29, 0.717) is 6.54 Å². The Hall–Kier alpha value is -2.86. The molecule has 1 spiro atoms. The van der Waals surface area contributed by atoms with E-state index in [1.54, 1.807) is 4.90 Å². The van der Waals surface area contributed by atoms with Crippen molar-refractivity contribution in [1.82, 2.24) is 15.1 Å². The number of anilines is 1. The van der Waals surface area contributed by atoms with Crippen molar-refractivity contribution in [2.75, 3.05) is 32.5 Å². The van der Waals surface area contributed by atoms with Crippen molar-refractivity contribution in [3.05, 3.63) is 66.2 Å². The predicted molar refractivity (Wildman–Crippen MR) is 118 cm³/mol. The van der Waals surface area contributed by atoms with Crippen molar-refractivity contribution in [3.8, 4) is 0 Å². The maximum Gasteiger partial charge on any atom is 0.318 e. The quantitative estimate of drug-likeness (QED) is 0.800. The lowest BCUT2D eigenvalue weighted by Gasteiger charge is -2.48. The predicted octanol–water partition coefficient (Wildman–Crippen LogP) is 3.42. The number of hydrogen-bond acceptors (Lipinski definition) is 3. The van der Waals surface area contributed by atoms with Crippen LogP contribution < -0.4 is 10.6 Å². The van der Waals surface area contributed by atoms with E-state index in [1.807, 2.05) is 36.4 Å². The standard InChI is InChI=1S/C24H30N4O2/c1-27(2)24(19-9-5-3-6-10-19)15-13-23(14-16-24)18-28(22(30)26-23)17-21(29)25-20-11-7-4-8-12-20/h3-12H,13-18H2,1-2H3,(H,25,29)(H,26,30)/t23-,24+. The van der Waals surface area contributed by atoms with Crippen LogP contribution in [0.5, 0.6) is 0 Å². The Kier molecular flexibility index (Phi) is 5.52. The van der Waals surface area contributed by atoms with Crippen molar-refractivity contribution in [3.63, 3.8) is 0 Å². The highest BCUT2D eigenvalue weighted by molar-refractivity contribution is 5.94. The van der Waals surface area contributed by atoms with Crippen LogP contribution in [0.3, 0.4) is 0 Å². The van der Waals surface area contributed by atoms with Crippen LogP contribution in [-0.4, -0.2) is 54.5 Å². The second kappa shape index (κ2) is 8.11. The van der Waals surface area contributed by atoms with E-state index in [1.165, 1.54) is 5.56 Å². The average molecular weight is 407 g/mol. The Morgan fingerprint density at radius 1 is 1.00 bits per heavy atom. The van der Waals surface area contributed by atoms with Gasteiger partial charge in [-0.25, -0.2) is 4.79 Å². The summed E-state index contributed by atoms with van der Waals surface area (Å²) < 4.78 is 0. The van der Waals surface area contributed by atoms with Gasteiger partial charge in [-0.15, -0.1) is 0 Å². The zero-order chi connectivity index (χ0) is 21.2. The summed E-state index contributed by atoms with van der Waals surface area (Å²) in [6, 6.07) is 19.8. The van der Waals surface area contributed by atoms with Gasteiger partial charge < -0.3 is 15.5 Å². The second-order valence-electron chi connectivity index (χ2n) is 8.77. The molecule has 1 aliphatic carbocycles. The van der Waals surface area contributed by atoms with E-state index in [2.05, 4.69) is 53.9 Å². The van der Waals surface area contributed by atoms with Crippen LogP contribution in [0.25, 0.3) is 0 Å². The van der Waals surface area contributed by atoms with Gasteiger partial charge in [-0.3, -0.25) is 9.69 Å². The molecule has 0 aromatic heterocycles. The molecule has 1 saturated heterocycles. The van der Waals surface area contributed by atoms with Gasteiger partial charge in [-0.2, -0.15) is 0 Å². The molecule has 30 heavy (non-hydrogen) atoms. The van der Waals surface area contributed by atoms with Gasteiger partial charge in [-0.1, -0.05) is 48.5 Å². The molecule has 2 aromatic carbocycles. The molecule has 6 heteroatoms. The molecule has 3 amide bonds. The maximum absolute atomic E-state index is 12.6. The first-order chi connectivity index (χ1) is 14.4. The second-order valence-corrected chi connectivity index (χ2v) is 8.77. The molecule has 1 heterocycles. The molecule has 0 radical (unpaired) electrons. The molecule has 158 valence electrons. The number of para-hydroxylation sites is 1. The summed E-state index contributed by atoms with van der Waals surface area (Å²) in [5.74, 6) is -0.170. The minimum atomic E-state index is -0.252. The largest absolute Gasteiger partial charge is 0.331 e. The van der Waals surface area contributed by atoms with Crippen LogP contribution in [0, 0.1) is 0 Å². The molecule has 0 unspecified atom stereocenters. The highest BCUT2D eigenvalue weighted by Gasteiger charge is 2.50. The van der Waals surface area contributed by atoms with Crippen molar-refractivity contribution in [1.29, 1.82) is 0 Å². The molecule has 0 bridgehead atoms. The number of amides is 3. The van der Waals surface area contributed by atoms with E-state index in [9.17, 15) is 9.59 Å². The molecule has 2 N–H and O–H groups in total. The maximum atomic E-state index is 12.6. The zero-order valence-electron chi connectivity index (χ0n) is 17.7. The van der Waals surface area contributed by atoms with E-state index in [0.717, 1.165) is 31.4 Å². The summed E-state index contributed by atoms with van der Waals surface area (Å²) in [5, 5.41) is 6.07. The minimum Gasteiger partial charge on any atom is -0.331 e. The molecule has 2 aliphatic rings. The van der Waals surface area contributed by atoms with Crippen LogP contribution in [0.15, 0.2) is 60.7 Å². The third kappa shape index (κ3) is 3.92. The van der Waals surface area contributed by atoms with E-state index >= 15 is 0 Å². The average Bonchev–Trinajstić information content (AvgIpc) is 3.04. The summed E-state index contributed by atoms with van der Waals surface area (Å²) in [5.41, 5.74) is 1.80. The van der Waals surface area contributed by atoms with Gasteiger partial charge in [0.15, 0.2) is 0 Å². The molecule has 2 aromatic rings. The van der Waals surface area contributed by atoms with Crippen LogP contribution in [0.4, 0.5) is 10.5 Å². The summed E-state index contributed by atoms with van der Waals surface area (Å²) in [4.78, 5) is 29.0. The van der Waals surface area contributed by atoms with Crippen molar-refractivity contribution in [2.45, 2.75) is 36.8 Å². The van der Waals surface area contributed by atoms with Gasteiger partial charge >= 0.3 is 6.03 Å². The monoisotopic (exact) mass is 406 g/mol. The number of benzene rings is 2. The van der Waals surface area contributed by atoms with Gasteiger partial charge in [-0.05, 0) is 57.5 Å². The molecule has 1 saturated carbocycles. The number of rotatable bonds is 5. The minimum absolute atomic E-state index is 0.0185. The summed E-state index contributed by atoms with van der Waals surface area (Å²) in [6.45, 7) is 0.645. The number of carbonyl (C=O) groups is 2. The van der Waals surface area contributed by atoms with Crippen LogP contribution >= 0.6 is 0 Å². The molecular weight excluding hydrogens is 376 g/mol. The Morgan fingerprint density at radius 2 is 1.60 bits per heavy atom.